The van der Waals surface area contributed by atoms with Crippen LogP contribution in [0.5, 0.6) is 0 Å². The SMILES string of the molecule is CNC(Cc1ncc[nH]1)c1ccc(Cl)c(F)c1. The highest BCUT2D eigenvalue weighted by Gasteiger charge is 2.13. The molecule has 0 amide bonds. The highest BCUT2D eigenvalue weighted by Crippen LogP contribution is 2.21. The number of likely N-dealkylation sites (N-methyl/N-ethyl adjacent to an activating group) is 1. The predicted molar refractivity (Wildman–Crippen MR) is 65.5 cm³/mol. The summed E-state index contributed by atoms with van der Waals surface area (Å²) in [6.45, 7) is 0. The number of aromatic nitrogens is 2. The van der Waals surface area contributed by atoms with E-state index in [1.54, 1.807) is 18.5 Å². The summed E-state index contributed by atoms with van der Waals surface area (Å²) in [5, 5.41) is 3.27. The minimum atomic E-state index is -0.399. The maximum Gasteiger partial charge on any atom is 0.142 e. The molecule has 1 unspecified atom stereocenters. The van der Waals surface area contributed by atoms with Crippen LogP contribution in [0.4, 0.5) is 4.39 Å². The van der Waals surface area contributed by atoms with Crippen molar-refractivity contribution in [3.05, 3.63) is 52.8 Å². The molecular weight excluding hydrogens is 241 g/mol. The summed E-state index contributed by atoms with van der Waals surface area (Å²) >= 11 is 5.66. The van der Waals surface area contributed by atoms with Crippen molar-refractivity contribution in [2.75, 3.05) is 7.05 Å². The van der Waals surface area contributed by atoms with Gasteiger partial charge in [0.15, 0.2) is 0 Å². The van der Waals surface area contributed by atoms with Gasteiger partial charge in [-0.3, -0.25) is 0 Å². The number of nitrogens with one attached hydrogen (secondary N) is 2. The van der Waals surface area contributed by atoms with E-state index in [1.807, 2.05) is 13.1 Å². The lowest BCUT2D eigenvalue weighted by Crippen LogP contribution is -2.19. The maximum absolute atomic E-state index is 13.4. The van der Waals surface area contributed by atoms with Crippen LogP contribution < -0.4 is 5.32 Å². The van der Waals surface area contributed by atoms with Crippen molar-refractivity contribution in [3.63, 3.8) is 0 Å². The largest absolute Gasteiger partial charge is 0.349 e. The number of nitrogens with zero attached hydrogens (tertiary/aromatic N) is 1. The Kier molecular flexibility index (Phi) is 3.76. The Balaban J connectivity index is 2.20. The van der Waals surface area contributed by atoms with Gasteiger partial charge in [0.25, 0.3) is 0 Å². The number of imidazole rings is 1. The van der Waals surface area contributed by atoms with Crippen molar-refractivity contribution >= 4 is 11.6 Å². The molecule has 1 atom stereocenters. The van der Waals surface area contributed by atoms with Crippen molar-refractivity contribution in [2.24, 2.45) is 0 Å². The molecule has 90 valence electrons. The van der Waals surface area contributed by atoms with E-state index < -0.39 is 5.82 Å². The molecular formula is C12H13ClFN3. The van der Waals surface area contributed by atoms with Gasteiger partial charge in [-0.2, -0.15) is 0 Å². The van der Waals surface area contributed by atoms with Crippen LogP contribution in [0.1, 0.15) is 17.4 Å². The van der Waals surface area contributed by atoms with Gasteiger partial charge < -0.3 is 10.3 Å². The van der Waals surface area contributed by atoms with Crippen molar-refractivity contribution in [1.29, 1.82) is 0 Å². The van der Waals surface area contributed by atoms with Gasteiger partial charge in [0, 0.05) is 24.9 Å². The standard InChI is InChI=1S/C12H13ClFN3/c1-15-11(7-12-16-4-5-17-12)8-2-3-9(13)10(14)6-8/h2-6,11,15H,7H2,1H3,(H,16,17). The van der Waals surface area contributed by atoms with E-state index in [-0.39, 0.29) is 11.1 Å². The summed E-state index contributed by atoms with van der Waals surface area (Å²) in [7, 11) is 1.83. The number of benzene rings is 1. The minimum Gasteiger partial charge on any atom is -0.349 e. The molecule has 2 N–H and O–H groups in total. The quantitative estimate of drug-likeness (QED) is 0.880. The number of hydrogen-bond donors (Lipinski definition) is 2. The summed E-state index contributed by atoms with van der Waals surface area (Å²) in [5.41, 5.74) is 0.853. The number of H-pyrrole nitrogens is 1. The molecule has 0 saturated heterocycles. The van der Waals surface area contributed by atoms with Crippen molar-refractivity contribution in [2.45, 2.75) is 12.5 Å². The van der Waals surface area contributed by atoms with Gasteiger partial charge in [-0.1, -0.05) is 17.7 Å². The maximum atomic E-state index is 13.4. The molecule has 17 heavy (non-hydrogen) atoms. The van der Waals surface area contributed by atoms with Crippen LogP contribution in [0.15, 0.2) is 30.6 Å². The number of rotatable bonds is 4. The van der Waals surface area contributed by atoms with Gasteiger partial charge in [0.2, 0.25) is 0 Å². The Labute approximate surface area is 104 Å². The Morgan fingerprint density at radius 2 is 2.35 bits per heavy atom. The van der Waals surface area contributed by atoms with Crippen molar-refractivity contribution in [1.82, 2.24) is 15.3 Å². The van der Waals surface area contributed by atoms with Gasteiger partial charge in [0.1, 0.15) is 11.6 Å². The van der Waals surface area contributed by atoms with E-state index in [0.29, 0.717) is 6.42 Å². The zero-order valence-electron chi connectivity index (χ0n) is 9.37. The highest BCUT2D eigenvalue weighted by atomic mass is 35.5. The second-order valence-corrected chi connectivity index (χ2v) is 4.16. The average Bonchev–Trinajstić information content (AvgIpc) is 2.82. The number of hydrogen-bond acceptors (Lipinski definition) is 2. The minimum absolute atomic E-state index is 0.00733. The molecule has 3 nitrogen and oxygen atoms in total. The molecule has 0 aliphatic carbocycles. The molecule has 2 rings (SSSR count). The van der Waals surface area contributed by atoms with E-state index in [9.17, 15) is 4.39 Å². The molecule has 1 aromatic heterocycles. The van der Waals surface area contributed by atoms with Gasteiger partial charge in [-0.25, -0.2) is 9.37 Å². The summed E-state index contributed by atoms with van der Waals surface area (Å²) in [4.78, 5) is 7.18. The molecule has 0 fully saturated rings. The predicted octanol–water partition coefficient (Wildman–Crippen LogP) is 2.71. The van der Waals surface area contributed by atoms with Crippen LogP contribution in [0.3, 0.4) is 0 Å². The lowest BCUT2D eigenvalue weighted by Gasteiger charge is -2.15. The van der Waals surface area contributed by atoms with Crippen LogP contribution in [0.2, 0.25) is 5.02 Å². The molecule has 0 spiro atoms. The normalized spacial score (nSPS) is 12.6. The topological polar surface area (TPSA) is 40.7 Å². The zero-order chi connectivity index (χ0) is 12.3. The fraction of sp³-hybridized carbons (Fsp3) is 0.250. The first-order valence-corrected chi connectivity index (χ1v) is 5.69. The molecule has 5 heteroatoms. The van der Waals surface area contributed by atoms with Gasteiger partial charge in [-0.05, 0) is 24.7 Å². The zero-order valence-corrected chi connectivity index (χ0v) is 10.1. The Hall–Kier alpha value is -1.39. The molecule has 0 bridgehead atoms. The molecule has 2 aromatic rings. The van der Waals surface area contributed by atoms with E-state index >= 15 is 0 Å². The second-order valence-electron chi connectivity index (χ2n) is 3.75. The third-order valence-corrected chi connectivity index (χ3v) is 2.95. The summed E-state index contributed by atoms with van der Waals surface area (Å²) in [6, 6.07) is 4.84. The van der Waals surface area contributed by atoms with Crippen LogP contribution in [-0.2, 0) is 6.42 Å². The number of halogens is 2. The molecule has 0 saturated carbocycles. The second kappa shape index (κ2) is 5.29. The first kappa shape index (κ1) is 12.1. The molecule has 0 aliphatic rings. The van der Waals surface area contributed by atoms with E-state index in [0.717, 1.165) is 11.4 Å². The summed E-state index contributed by atoms with van der Waals surface area (Å²) in [5.74, 6) is 0.462. The third-order valence-electron chi connectivity index (χ3n) is 2.65. The van der Waals surface area contributed by atoms with Gasteiger partial charge in [-0.15, -0.1) is 0 Å². The van der Waals surface area contributed by atoms with Crippen LogP contribution in [0.25, 0.3) is 0 Å². The highest BCUT2D eigenvalue weighted by molar-refractivity contribution is 6.30. The Morgan fingerprint density at radius 1 is 1.53 bits per heavy atom. The first-order valence-electron chi connectivity index (χ1n) is 5.31. The van der Waals surface area contributed by atoms with Gasteiger partial charge in [0.05, 0.1) is 5.02 Å². The van der Waals surface area contributed by atoms with Crippen LogP contribution in [-0.4, -0.2) is 17.0 Å². The van der Waals surface area contributed by atoms with E-state index in [2.05, 4.69) is 15.3 Å². The van der Waals surface area contributed by atoms with Crippen molar-refractivity contribution < 1.29 is 4.39 Å². The van der Waals surface area contributed by atoms with Gasteiger partial charge >= 0.3 is 0 Å². The smallest absolute Gasteiger partial charge is 0.142 e. The first-order chi connectivity index (χ1) is 8.20. The molecule has 1 aromatic carbocycles. The van der Waals surface area contributed by atoms with E-state index in [4.69, 9.17) is 11.6 Å². The van der Waals surface area contributed by atoms with Crippen molar-refractivity contribution in [3.8, 4) is 0 Å². The fourth-order valence-electron chi connectivity index (χ4n) is 1.72. The number of aromatic amines is 1. The lowest BCUT2D eigenvalue weighted by molar-refractivity contribution is 0.567. The van der Waals surface area contributed by atoms with E-state index in [1.165, 1.54) is 6.07 Å². The molecule has 0 radical (unpaired) electrons. The average molecular weight is 254 g/mol. The Morgan fingerprint density at radius 3 is 2.94 bits per heavy atom. The van der Waals surface area contributed by atoms with Crippen LogP contribution >= 0.6 is 11.6 Å². The third kappa shape index (κ3) is 2.84. The molecule has 0 aliphatic heterocycles. The fourth-order valence-corrected chi connectivity index (χ4v) is 1.84. The Bertz CT molecular complexity index is 485. The monoisotopic (exact) mass is 253 g/mol. The molecule has 1 heterocycles. The summed E-state index contributed by atoms with van der Waals surface area (Å²) < 4.78 is 13.4. The van der Waals surface area contributed by atoms with Crippen LogP contribution in [0, 0.1) is 5.82 Å². The summed E-state index contributed by atoms with van der Waals surface area (Å²) in [6.07, 6.45) is 4.14. The lowest BCUT2D eigenvalue weighted by atomic mass is 10.0.